The lowest BCUT2D eigenvalue weighted by molar-refractivity contribution is 0.649. The Morgan fingerprint density at radius 1 is 0.515 bits per heavy atom. The van der Waals surface area contributed by atoms with Crippen molar-refractivity contribution in [2.24, 2.45) is 0 Å². The van der Waals surface area contributed by atoms with Crippen LogP contribution in [0.5, 0.6) is 0 Å². The molecule has 0 unspecified atom stereocenters. The molecule has 0 saturated heterocycles. The van der Waals surface area contributed by atoms with E-state index in [1.54, 1.807) is 0 Å². The summed E-state index contributed by atoms with van der Waals surface area (Å²) in [6, 6.07) is 39.7. The first-order valence-corrected chi connectivity index (χ1v) is 12.1. The van der Waals surface area contributed by atoms with E-state index in [4.69, 9.17) is 4.42 Å². The lowest BCUT2D eigenvalue weighted by atomic mass is 9.67. The Balaban J connectivity index is 1.60. The lowest BCUT2D eigenvalue weighted by Gasteiger charge is -2.39. The Morgan fingerprint density at radius 3 is 1.94 bits per heavy atom. The van der Waals surface area contributed by atoms with Crippen molar-refractivity contribution in [3.63, 3.8) is 0 Å². The zero-order valence-electron chi connectivity index (χ0n) is 17.7. The summed E-state index contributed by atoms with van der Waals surface area (Å²) in [6.45, 7) is 0. The Bertz CT molecular complexity index is 1710. The summed E-state index contributed by atoms with van der Waals surface area (Å²) in [7, 11) is 0. The van der Waals surface area contributed by atoms with Gasteiger partial charge in [0.2, 0.25) is 0 Å². The molecule has 1 aromatic heterocycles. The highest BCUT2D eigenvalue weighted by molar-refractivity contribution is 7.99. The number of para-hydroxylation sites is 1. The number of rotatable bonds is 0. The molecule has 1 spiro atoms. The van der Waals surface area contributed by atoms with Crippen LogP contribution in [0.2, 0.25) is 0 Å². The molecule has 33 heavy (non-hydrogen) atoms. The van der Waals surface area contributed by atoms with Crippen LogP contribution in [0.4, 0.5) is 0 Å². The normalized spacial score (nSPS) is 14.8. The van der Waals surface area contributed by atoms with Gasteiger partial charge in [-0.15, -0.1) is 0 Å². The smallest absolute Gasteiger partial charge is 0.149 e. The van der Waals surface area contributed by atoms with Crippen LogP contribution in [0.15, 0.2) is 123 Å². The van der Waals surface area contributed by atoms with Crippen LogP contribution in [-0.4, -0.2) is 0 Å². The third-order valence-corrected chi connectivity index (χ3v) is 8.55. The van der Waals surface area contributed by atoms with Gasteiger partial charge in [0.05, 0.1) is 10.3 Å². The van der Waals surface area contributed by atoms with Gasteiger partial charge >= 0.3 is 0 Å². The number of furan rings is 1. The van der Waals surface area contributed by atoms with Gasteiger partial charge in [0.15, 0.2) is 0 Å². The zero-order chi connectivity index (χ0) is 21.6. The molecule has 0 saturated carbocycles. The highest BCUT2D eigenvalue weighted by atomic mass is 32.2. The molecule has 1 aliphatic heterocycles. The monoisotopic (exact) mass is 438 g/mol. The predicted molar refractivity (Wildman–Crippen MR) is 135 cm³/mol. The fraction of sp³-hybridized carbons (Fsp3) is 0.0323. The van der Waals surface area contributed by atoms with E-state index in [-0.39, 0.29) is 5.41 Å². The van der Waals surface area contributed by atoms with Crippen molar-refractivity contribution < 1.29 is 4.42 Å². The van der Waals surface area contributed by atoms with Gasteiger partial charge in [-0.05, 0) is 45.5 Å². The Kier molecular flexibility index (Phi) is 3.33. The molecular weight excluding hydrogens is 420 g/mol. The molecule has 0 bridgehead atoms. The third-order valence-electron chi connectivity index (χ3n) is 7.36. The standard InChI is InChI=1S/C31H18OS/c1-4-12-23-19(9-1)20-10-2-5-13-24(20)31(23)25-14-6-8-16-28(25)33-30-26(31)18-17-22-21-11-3-7-15-27(21)32-29(22)30/h1-18H. The lowest BCUT2D eigenvalue weighted by Crippen LogP contribution is -2.31. The Morgan fingerprint density at radius 2 is 1.15 bits per heavy atom. The van der Waals surface area contributed by atoms with E-state index in [2.05, 4.69) is 103 Å². The maximum Gasteiger partial charge on any atom is 0.149 e. The molecule has 2 aliphatic rings. The second kappa shape index (κ2) is 6.18. The van der Waals surface area contributed by atoms with Crippen molar-refractivity contribution in [1.29, 1.82) is 0 Å². The van der Waals surface area contributed by atoms with Crippen molar-refractivity contribution in [1.82, 2.24) is 0 Å². The van der Waals surface area contributed by atoms with E-state index in [1.807, 2.05) is 17.8 Å². The van der Waals surface area contributed by atoms with Gasteiger partial charge in [0.1, 0.15) is 11.2 Å². The van der Waals surface area contributed by atoms with Crippen LogP contribution in [0.3, 0.4) is 0 Å². The van der Waals surface area contributed by atoms with Gasteiger partial charge in [-0.25, -0.2) is 0 Å². The minimum atomic E-state index is -0.350. The second-order valence-corrected chi connectivity index (χ2v) is 9.91. The van der Waals surface area contributed by atoms with Crippen molar-refractivity contribution in [2.75, 3.05) is 0 Å². The maximum atomic E-state index is 6.52. The topological polar surface area (TPSA) is 13.1 Å². The Hall–Kier alpha value is -3.75. The number of fused-ring (bicyclic) bond motifs is 13. The van der Waals surface area contributed by atoms with Crippen LogP contribution < -0.4 is 0 Å². The first-order valence-electron chi connectivity index (χ1n) is 11.3. The van der Waals surface area contributed by atoms with E-state index >= 15 is 0 Å². The molecule has 0 atom stereocenters. The number of benzene rings is 5. The predicted octanol–water partition coefficient (Wildman–Crippen LogP) is 8.41. The summed E-state index contributed by atoms with van der Waals surface area (Å²) < 4.78 is 6.52. The highest BCUT2D eigenvalue weighted by Crippen LogP contribution is 2.63. The van der Waals surface area contributed by atoms with Gasteiger partial charge < -0.3 is 4.42 Å². The van der Waals surface area contributed by atoms with Crippen molar-refractivity contribution >= 4 is 33.7 Å². The first-order chi connectivity index (χ1) is 16.4. The minimum absolute atomic E-state index is 0.350. The third kappa shape index (κ3) is 2.06. The summed E-state index contributed by atoms with van der Waals surface area (Å²) in [5.41, 5.74) is 9.63. The summed E-state index contributed by atoms with van der Waals surface area (Å²) >= 11 is 1.84. The second-order valence-electron chi connectivity index (χ2n) is 8.86. The quantitative estimate of drug-likeness (QED) is 0.236. The van der Waals surface area contributed by atoms with Crippen LogP contribution >= 0.6 is 11.8 Å². The van der Waals surface area contributed by atoms with E-state index in [9.17, 15) is 0 Å². The Labute approximate surface area is 195 Å². The average molecular weight is 439 g/mol. The molecule has 1 aliphatic carbocycles. The maximum absolute atomic E-state index is 6.52. The van der Waals surface area contributed by atoms with E-state index in [0.29, 0.717) is 0 Å². The molecule has 6 aromatic rings. The number of hydrogen-bond acceptors (Lipinski definition) is 2. The van der Waals surface area contributed by atoms with E-state index < -0.39 is 0 Å². The summed E-state index contributed by atoms with van der Waals surface area (Å²) in [6.07, 6.45) is 0. The van der Waals surface area contributed by atoms with Crippen molar-refractivity contribution in [3.05, 3.63) is 131 Å². The zero-order valence-corrected chi connectivity index (χ0v) is 18.5. The molecule has 2 heteroatoms. The van der Waals surface area contributed by atoms with Crippen molar-refractivity contribution in [2.45, 2.75) is 15.2 Å². The highest BCUT2D eigenvalue weighted by Gasteiger charge is 2.50. The molecule has 0 amide bonds. The van der Waals surface area contributed by atoms with Gasteiger partial charge in [-0.3, -0.25) is 0 Å². The molecule has 0 fully saturated rings. The van der Waals surface area contributed by atoms with Crippen molar-refractivity contribution in [3.8, 4) is 11.1 Å². The van der Waals surface area contributed by atoms with E-state index in [1.165, 1.54) is 53.9 Å². The fourth-order valence-electron chi connectivity index (χ4n) is 6.10. The molecule has 5 aromatic carbocycles. The van der Waals surface area contributed by atoms with Crippen LogP contribution in [0, 0.1) is 0 Å². The molecular formula is C31H18OS. The molecule has 2 heterocycles. The number of hydrogen-bond donors (Lipinski definition) is 0. The average Bonchev–Trinajstić information content (AvgIpc) is 3.40. The minimum Gasteiger partial charge on any atom is -0.455 e. The SMILES string of the molecule is c1ccc2c(c1)Sc1c(ccc3c1oc1ccccc13)C21c2ccccc2-c2ccccc21. The van der Waals surface area contributed by atoms with Gasteiger partial charge in [-0.1, -0.05) is 109 Å². The van der Waals surface area contributed by atoms with Crippen LogP contribution in [-0.2, 0) is 5.41 Å². The van der Waals surface area contributed by atoms with Crippen LogP contribution in [0.25, 0.3) is 33.1 Å². The summed E-state index contributed by atoms with van der Waals surface area (Å²) in [5.74, 6) is 0. The van der Waals surface area contributed by atoms with Crippen LogP contribution in [0.1, 0.15) is 22.3 Å². The van der Waals surface area contributed by atoms with Gasteiger partial charge in [0, 0.05) is 15.7 Å². The molecule has 1 nitrogen and oxygen atoms in total. The largest absolute Gasteiger partial charge is 0.455 e. The van der Waals surface area contributed by atoms with Gasteiger partial charge in [-0.2, -0.15) is 0 Å². The molecule has 0 N–H and O–H groups in total. The molecule has 154 valence electrons. The summed E-state index contributed by atoms with van der Waals surface area (Å²) in [4.78, 5) is 2.53. The van der Waals surface area contributed by atoms with E-state index in [0.717, 1.165) is 11.2 Å². The molecule has 0 radical (unpaired) electrons. The summed E-state index contributed by atoms with van der Waals surface area (Å²) in [5, 5.41) is 2.36. The first kappa shape index (κ1) is 17.8. The fourth-order valence-corrected chi connectivity index (χ4v) is 7.37. The molecule has 8 rings (SSSR count). The van der Waals surface area contributed by atoms with Gasteiger partial charge in [0.25, 0.3) is 0 Å².